The Hall–Kier alpha value is -0.0200. The summed E-state index contributed by atoms with van der Waals surface area (Å²) in [5, 5.41) is 36.4. The minimum atomic E-state index is -1.68. The number of amides is 3. The van der Waals surface area contributed by atoms with Crippen molar-refractivity contribution in [3.8, 4) is 0 Å². The van der Waals surface area contributed by atoms with Gasteiger partial charge in [0.15, 0.2) is 0 Å². The van der Waals surface area contributed by atoms with Crippen molar-refractivity contribution in [2.75, 3.05) is 0 Å². The molecule has 48 heavy (non-hydrogen) atoms. The summed E-state index contributed by atoms with van der Waals surface area (Å²) in [6.45, 7) is 3.56. The van der Waals surface area contributed by atoms with E-state index in [4.69, 9.17) is 5.73 Å². The van der Waals surface area contributed by atoms with E-state index in [-0.39, 0.29) is 121 Å². The summed E-state index contributed by atoms with van der Waals surface area (Å²) in [4.78, 5) is 72.9. The molecule has 3 amide bonds. The van der Waals surface area contributed by atoms with Crippen molar-refractivity contribution in [1.82, 2.24) is 10.2 Å². The Balaban J connectivity index is -0.00000323. The van der Waals surface area contributed by atoms with Gasteiger partial charge in [-0.1, -0.05) is 103 Å². The normalized spacial score (nSPS) is 12.2. The van der Waals surface area contributed by atoms with E-state index in [1.54, 1.807) is 0 Å². The first-order chi connectivity index (χ1) is 21.4. The van der Waals surface area contributed by atoms with Gasteiger partial charge in [-0.3, -0.25) is 19.3 Å². The van der Waals surface area contributed by atoms with Gasteiger partial charge >= 0.3 is 88.7 Å². The number of imide groups is 1. The number of carboxylic acid groups (broad SMARTS) is 3. The number of hydrogen-bond acceptors (Lipinski definition) is 10. The van der Waals surface area contributed by atoms with Gasteiger partial charge < -0.3 is 40.8 Å². The molecule has 12 nitrogen and oxygen atoms in total. The number of unbranched alkanes of at least 4 members (excludes halogenated alkanes) is 15. The fraction of sp³-hybridized carbons (Fsp3) is 0.818. The molecule has 3 N–H and O–H groups in total. The van der Waals surface area contributed by atoms with E-state index in [0.717, 1.165) is 25.7 Å². The van der Waals surface area contributed by atoms with Gasteiger partial charge in [0.2, 0.25) is 17.7 Å². The molecule has 15 heteroatoms. The molecular formula is C33H56N3Na3O9. The van der Waals surface area contributed by atoms with Crippen molar-refractivity contribution < 1.29 is 133 Å². The molecule has 0 aromatic rings. The molecule has 3 atom stereocenters. The molecule has 0 aromatic heterocycles. The first-order valence-corrected chi connectivity index (χ1v) is 16.9. The summed E-state index contributed by atoms with van der Waals surface area (Å²) in [5.74, 6) is -7.09. The van der Waals surface area contributed by atoms with Crippen LogP contribution >= 0.6 is 0 Å². The molecule has 0 aliphatic rings. The Kier molecular flexibility index (Phi) is 40.4. The number of carbonyl (C=O) groups excluding carboxylic acids is 6. The van der Waals surface area contributed by atoms with Crippen molar-refractivity contribution in [3.05, 3.63) is 0 Å². The van der Waals surface area contributed by atoms with Crippen LogP contribution in [0.5, 0.6) is 0 Å². The molecule has 0 bridgehead atoms. The number of nitrogens with one attached hydrogen (secondary N) is 1. The topological polar surface area (TPSA) is 213 Å². The van der Waals surface area contributed by atoms with Crippen molar-refractivity contribution >= 4 is 35.6 Å². The number of carboxylic acids is 3. The zero-order chi connectivity index (χ0) is 34.0. The van der Waals surface area contributed by atoms with E-state index < -0.39 is 66.6 Å². The van der Waals surface area contributed by atoms with Crippen LogP contribution in [0.4, 0.5) is 0 Å². The fourth-order valence-electron chi connectivity index (χ4n) is 5.15. The predicted octanol–water partition coefficient (Wildman–Crippen LogP) is -7.59. The number of rotatable bonds is 29. The largest absolute Gasteiger partial charge is 1.00 e. The predicted molar refractivity (Wildman–Crippen MR) is 163 cm³/mol. The average Bonchev–Trinajstić information content (AvgIpc) is 2.97. The molecule has 0 rings (SSSR count). The molecule has 0 saturated carbocycles. The second-order valence-corrected chi connectivity index (χ2v) is 12.0. The third-order valence-corrected chi connectivity index (χ3v) is 7.89. The maximum absolute atomic E-state index is 13.1. The third kappa shape index (κ3) is 28.7. The minimum absolute atomic E-state index is 0. The Labute approximate surface area is 354 Å². The molecule has 0 saturated heterocycles. The van der Waals surface area contributed by atoms with Crippen LogP contribution in [0.15, 0.2) is 0 Å². The zero-order valence-corrected chi connectivity index (χ0v) is 36.5. The van der Waals surface area contributed by atoms with Crippen molar-refractivity contribution in [3.63, 3.8) is 0 Å². The maximum atomic E-state index is 13.1. The first-order valence-electron chi connectivity index (χ1n) is 16.9. The average molecular weight is 708 g/mol. The molecule has 0 radical (unpaired) electrons. The van der Waals surface area contributed by atoms with Crippen LogP contribution in [0.25, 0.3) is 0 Å². The second kappa shape index (κ2) is 35.4. The molecule has 0 aliphatic heterocycles. The quantitative estimate of drug-likeness (QED) is 0.0554. The van der Waals surface area contributed by atoms with Crippen LogP contribution < -0.4 is 115 Å². The van der Waals surface area contributed by atoms with Crippen molar-refractivity contribution in [1.29, 1.82) is 0 Å². The van der Waals surface area contributed by atoms with Crippen LogP contribution in [0.1, 0.15) is 155 Å². The maximum Gasteiger partial charge on any atom is 1.00 e. The Morgan fingerprint density at radius 1 is 0.583 bits per heavy atom. The SMILES string of the molecule is CCCCCCCCCCCCCCCCCC(=O)N(C(=O)CC[C@@H](NC(=O)[C@H](C)N)C(=O)[O-])C(CCCCC(=O)[O-])C(=O)[O-].[Na+].[Na+].[Na+]. The van der Waals surface area contributed by atoms with E-state index in [0.29, 0.717) is 11.3 Å². The molecule has 0 fully saturated rings. The van der Waals surface area contributed by atoms with Gasteiger partial charge in [-0.15, -0.1) is 0 Å². The summed E-state index contributed by atoms with van der Waals surface area (Å²) in [5.41, 5.74) is 5.45. The summed E-state index contributed by atoms with van der Waals surface area (Å²) in [6, 6.07) is -4.24. The number of nitrogens with two attached hydrogens (primary N) is 1. The van der Waals surface area contributed by atoms with Gasteiger partial charge in [0, 0.05) is 18.8 Å². The number of aliphatic carboxylic acids is 3. The number of nitrogens with zero attached hydrogens (tertiary/aromatic N) is 1. The van der Waals surface area contributed by atoms with Crippen LogP contribution in [0.2, 0.25) is 0 Å². The van der Waals surface area contributed by atoms with E-state index in [2.05, 4.69) is 12.2 Å². The van der Waals surface area contributed by atoms with Crippen molar-refractivity contribution in [2.24, 2.45) is 5.73 Å². The fourth-order valence-corrected chi connectivity index (χ4v) is 5.15. The van der Waals surface area contributed by atoms with Gasteiger partial charge in [-0.05, 0) is 39.0 Å². The molecule has 0 heterocycles. The monoisotopic (exact) mass is 707 g/mol. The first kappa shape index (κ1) is 54.7. The molecule has 0 spiro atoms. The van der Waals surface area contributed by atoms with Crippen LogP contribution in [0.3, 0.4) is 0 Å². The van der Waals surface area contributed by atoms with Gasteiger partial charge in [0.25, 0.3) is 0 Å². The Morgan fingerprint density at radius 3 is 1.40 bits per heavy atom. The zero-order valence-electron chi connectivity index (χ0n) is 30.5. The van der Waals surface area contributed by atoms with Gasteiger partial charge in [-0.25, -0.2) is 0 Å². The summed E-state index contributed by atoms with van der Waals surface area (Å²) < 4.78 is 0. The molecule has 1 unspecified atom stereocenters. The van der Waals surface area contributed by atoms with E-state index in [1.807, 2.05) is 0 Å². The van der Waals surface area contributed by atoms with Crippen LogP contribution in [0, 0.1) is 0 Å². The summed E-state index contributed by atoms with van der Waals surface area (Å²) >= 11 is 0. The molecule has 0 aliphatic carbocycles. The van der Waals surface area contributed by atoms with Crippen molar-refractivity contribution in [2.45, 2.75) is 173 Å². The van der Waals surface area contributed by atoms with E-state index >= 15 is 0 Å². The Morgan fingerprint density at radius 2 is 1.00 bits per heavy atom. The van der Waals surface area contributed by atoms with Crippen LogP contribution in [-0.4, -0.2) is 58.7 Å². The standard InChI is InChI=1S/C33H59N3O9.3Na/c1-3-4-5-6-7-8-9-10-11-12-13-14-15-16-17-21-28(37)36(27(33(44)45)20-18-19-22-30(39)40)29(38)24-23-26(32(42)43)35-31(41)25(2)34;;;/h25-27H,3-24,34H2,1-2H3,(H,35,41)(H,39,40)(H,42,43)(H,44,45);;;/q;3*+1/p-3/t25-,26+,27?;;;/m0.../s1. The van der Waals surface area contributed by atoms with E-state index in [9.17, 15) is 44.1 Å². The molecule has 260 valence electrons. The van der Waals surface area contributed by atoms with Gasteiger partial charge in [0.1, 0.15) is 0 Å². The van der Waals surface area contributed by atoms with Gasteiger partial charge in [-0.2, -0.15) is 0 Å². The smallest absolute Gasteiger partial charge is 0.550 e. The molecular weight excluding hydrogens is 651 g/mol. The summed E-state index contributed by atoms with van der Waals surface area (Å²) in [7, 11) is 0. The number of carbonyl (C=O) groups is 6. The number of hydrogen-bond donors (Lipinski definition) is 2. The molecule has 0 aromatic carbocycles. The second-order valence-electron chi connectivity index (χ2n) is 12.0. The Bertz CT molecular complexity index is 911. The van der Waals surface area contributed by atoms with Crippen LogP contribution in [-0.2, 0) is 28.8 Å². The summed E-state index contributed by atoms with van der Waals surface area (Å²) in [6.07, 6.45) is 15.5. The van der Waals surface area contributed by atoms with E-state index in [1.165, 1.54) is 71.1 Å². The van der Waals surface area contributed by atoms with Gasteiger partial charge in [0.05, 0.1) is 30.1 Å². The third-order valence-electron chi connectivity index (χ3n) is 7.89. The minimum Gasteiger partial charge on any atom is -0.550 e.